The fourth-order valence-corrected chi connectivity index (χ4v) is 2.24. The maximum atomic E-state index is 11.7. The van der Waals surface area contributed by atoms with Crippen LogP contribution in [0.2, 0.25) is 0 Å². The molecule has 104 valence electrons. The quantitative estimate of drug-likeness (QED) is 0.419. The number of rotatable bonds is 3. The van der Waals surface area contributed by atoms with E-state index in [1.807, 2.05) is 30.3 Å². The number of hydrogen-bond acceptors (Lipinski definition) is 4. The Balaban J connectivity index is 2.35. The van der Waals surface area contributed by atoms with Gasteiger partial charge in [0.25, 0.3) is 5.69 Å². The van der Waals surface area contributed by atoms with E-state index in [0.717, 1.165) is 5.69 Å². The first-order valence-corrected chi connectivity index (χ1v) is 6.31. The van der Waals surface area contributed by atoms with Crippen molar-refractivity contribution in [1.29, 1.82) is 0 Å². The molecule has 0 aliphatic heterocycles. The van der Waals surface area contributed by atoms with E-state index in [9.17, 15) is 14.9 Å². The van der Waals surface area contributed by atoms with Crippen molar-refractivity contribution < 1.29 is 9.72 Å². The maximum Gasteiger partial charge on any atom is 0.271 e. The lowest BCUT2D eigenvalue weighted by atomic mass is 10.1. The molecule has 0 atom stereocenters. The number of nitro groups is 1. The van der Waals surface area contributed by atoms with Gasteiger partial charge in [-0.15, -0.1) is 0 Å². The lowest BCUT2D eigenvalue weighted by Gasteiger charge is -2.02. The van der Waals surface area contributed by atoms with Crippen LogP contribution in [0.15, 0.2) is 48.5 Å². The molecule has 0 spiro atoms. The molecular formula is C15H11N3O3. The van der Waals surface area contributed by atoms with Crippen LogP contribution in [0, 0.1) is 10.1 Å². The highest BCUT2D eigenvalue weighted by molar-refractivity contribution is 6.05. The van der Waals surface area contributed by atoms with Crippen LogP contribution in [0.1, 0.15) is 17.4 Å². The molecule has 1 heterocycles. The predicted octanol–water partition coefficient (Wildman–Crippen LogP) is 3.14. The van der Waals surface area contributed by atoms with Gasteiger partial charge in [0.05, 0.1) is 16.1 Å². The number of fused-ring (bicyclic) bond motifs is 1. The molecule has 3 rings (SSSR count). The molecule has 0 unspecified atom stereocenters. The molecule has 0 bridgehead atoms. The van der Waals surface area contributed by atoms with Crippen molar-refractivity contribution in [1.82, 2.24) is 9.78 Å². The zero-order valence-corrected chi connectivity index (χ0v) is 11.2. The molecule has 6 nitrogen and oxygen atoms in total. The van der Waals surface area contributed by atoms with E-state index in [4.69, 9.17) is 0 Å². The summed E-state index contributed by atoms with van der Waals surface area (Å²) in [6.45, 7) is 1.43. The van der Waals surface area contributed by atoms with Crippen LogP contribution in [0.25, 0.3) is 16.6 Å². The standard InChI is InChI=1S/C15H11N3O3/c1-10(19)15-13-8-7-12(18(20)21)9-14(13)17(16-15)11-5-3-2-4-6-11/h2-9H,1H3. The van der Waals surface area contributed by atoms with Gasteiger partial charge in [0, 0.05) is 24.4 Å². The lowest BCUT2D eigenvalue weighted by molar-refractivity contribution is -0.384. The zero-order valence-electron chi connectivity index (χ0n) is 11.2. The summed E-state index contributed by atoms with van der Waals surface area (Å²) in [5.41, 5.74) is 1.56. The van der Waals surface area contributed by atoms with E-state index in [2.05, 4.69) is 5.10 Å². The summed E-state index contributed by atoms with van der Waals surface area (Å²) in [6.07, 6.45) is 0. The summed E-state index contributed by atoms with van der Waals surface area (Å²) in [5, 5.41) is 15.9. The molecule has 21 heavy (non-hydrogen) atoms. The Hall–Kier alpha value is -3.02. The minimum Gasteiger partial charge on any atom is -0.293 e. The fraction of sp³-hybridized carbons (Fsp3) is 0.0667. The average molecular weight is 281 g/mol. The van der Waals surface area contributed by atoms with Gasteiger partial charge in [-0.25, -0.2) is 4.68 Å². The molecule has 0 aliphatic carbocycles. The largest absolute Gasteiger partial charge is 0.293 e. The van der Waals surface area contributed by atoms with Crippen molar-refractivity contribution in [2.75, 3.05) is 0 Å². The smallest absolute Gasteiger partial charge is 0.271 e. The molecule has 0 aliphatic rings. The minimum absolute atomic E-state index is 0.0327. The number of carbonyl (C=O) groups excluding carboxylic acids is 1. The van der Waals surface area contributed by atoms with Crippen molar-refractivity contribution in [3.63, 3.8) is 0 Å². The second kappa shape index (κ2) is 4.82. The zero-order chi connectivity index (χ0) is 15.0. The molecule has 0 saturated carbocycles. The number of carbonyl (C=O) groups is 1. The molecule has 6 heteroatoms. The second-order valence-corrected chi connectivity index (χ2v) is 4.61. The highest BCUT2D eigenvalue weighted by atomic mass is 16.6. The van der Waals surface area contributed by atoms with Crippen molar-refractivity contribution in [2.24, 2.45) is 0 Å². The van der Waals surface area contributed by atoms with Crippen LogP contribution in [-0.2, 0) is 0 Å². The van der Waals surface area contributed by atoms with Crippen molar-refractivity contribution in [2.45, 2.75) is 6.92 Å². The minimum atomic E-state index is -0.463. The number of Topliss-reactive ketones (excluding diaryl/α,β-unsaturated/α-hetero) is 1. The van der Waals surface area contributed by atoms with Crippen LogP contribution in [0.3, 0.4) is 0 Å². The van der Waals surface area contributed by atoms with Gasteiger partial charge >= 0.3 is 0 Å². The fourth-order valence-electron chi connectivity index (χ4n) is 2.24. The number of ketones is 1. The third-order valence-corrected chi connectivity index (χ3v) is 3.21. The molecule has 0 N–H and O–H groups in total. The first-order valence-electron chi connectivity index (χ1n) is 6.31. The van der Waals surface area contributed by atoms with Crippen LogP contribution >= 0.6 is 0 Å². The van der Waals surface area contributed by atoms with Gasteiger partial charge in [-0.1, -0.05) is 18.2 Å². The summed E-state index contributed by atoms with van der Waals surface area (Å²) < 4.78 is 1.55. The molecule has 0 fully saturated rings. The van der Waals surface area contributed by atoms with Crippen LogP contribution in [0.4, 0.5) is 5.69 Å². The number of nitrogens with zero attached hydrogens (tertiary/aromatic N) is 3. The number of para-hydroxylation sites is 1. The van der Waals surface area contributed by atoms with E-state index >= 15 is 0 Å². The highest BCUT2D eigenvalue weighted by Crippen LogP contribution is 2.26. The molecule has 0 amide bonds. The van der Waals surface area contributed by atoms with Crippen molar-refractivity contribution in [3.05, 3.63) is 64.3 Å². The third kappa shape index (κ3) is 2.16. The van der Waals surface area contributed by atoms with Crippen LogP contribution < -0.4 is 0 Å². The highest BCUT2D eigenvalue weighted by Gasteiger charge is 2.18. The first-order chi connectivity index (χ1) is 10.1. The summed E-state index contributed by atoms with van der Waals surface area (Å²) in [4.78, 5) is 22.2. The van der Waals surface area contributed by atoms with E-state index in [0.29, 0.717) is 16.6 Å². The molecule has 2 aromatic carbocycles. The normalized spacial score (nSPS) is 10.7. The number of benzene rings is 2. The van der Waals surface area contributed by atoms with E-state index in [1.165, 1.54) is 19.1 Å². The maximum absolute atomic E-state index is 11.7. The molecule has 0 saturated heterocycles. The number of nitro benzene ring substituents is 1. The number of non-ortho nitro benzene ring substituents is 1. The lowest BCUT2D eigenvalue weighted by Crippen LogP contribution is -1.99. The Morgan fingerprint density at radius 3 is 2.52 bits per heavy atom. The third-order valence-electron chi connectivity index (χ3n) is 3.21. The predicted molar refractivity (Wildman–Crippen MR) is 77.7 cm³/mol. The van der Waals surface area contributed by atoms with Gasteiger partial charge in [-0.05, 0) is 18.2 Å². The summed E-state index contributed by atoms with van der Waals surface area (Å²) in [5.74, 6) is -0.177. The van der Waals surface area contributed by atoms with Gasteiger partial charge < -0.3 is 0 Å². The van der Waals surface area contributed by atoms with Gasteiger partial charge in [-0.2, -0.15) is 5.10 Å². The van der Waals surface area contributed by atoms with E-state index in [-0.39, 0.29) is 11.5 Å². The Morgan fingerprint density at radius 1 is 1.19 bits per heavy atom. The second-order valence-electron chi connectivity index (χ2n) is 4.61. The first kappa shape index (κ1) is 13.0. The molecular weight excluding hydrogens is 270 g/mol. The van der Waals surface area contributed by atoms with E-state index < -0.39 is 4.92 Å². The van der Waals surface area contributed by atoms with Gasteiger partial charge in [-0.3, -0.25) is 14.9 Å². The Kier molecular flexibility index (Phi) is 2.98. The summed E-state index contributed by atoms with van der Waals surface area (Å²) in [6, 6.07) is 13.6. The Labute approximate surface area is 119 Å². The summed E-state index contributed by atoms with van der Waals surface area (Å²) >= 11 is 0. The molecule has 3 aromatic rings. The topological polar surface area (TPSA) is 78.0 Å². The van der Waals surface area contributed by atoms with Gasteiger partial charge in [0.15, 0.2) is 5.78 Å². The number of aromatic nitrogens is 2. The number of hydrogen-bond donors (Lipinski definition) is 0. The monoisotopic (exact) mass is 281 g/mol. The van der Waals surface area contributed by atoms with Crippen molar-refractivity contribution in [3.8, 4) is 5.69 Å². The van der Waals surface area contributed by atoms with E-state index in [1.54, 1.807) is 10.7 Å². The van der Waals surface area contributed by atoms with Gasteiger partial charge in [0.2, 0.25) is 0 Å². The SMILES string of the molecule is CC(=O)c1nn(-c2ccccc2)c2cc([N+](=O)[O-])ccc12. The van der Waals surface area contributed by atoms with Gasteiger partial charge in [0.1, 0.15) is 5.69 Å². The van der Waals surface area contributed by atoms with Crippen LogP contribution in [0.5, 0.6) is 0 Å². The molecule has 0 radical (unpaired) electrons. The molecule has 1 aromatic heterocycles. The Morgan fingerprint density at radius 2 is 1.90 bits per heavy atom. The van der Waals surface area contributed by atoms with Crippen molar-refractivity contribution >= 4 is 22.4 Å². The average Bonchev–Trinajstić information content (AvgIpc) is 2.87. The van der Waals surface area contributed by atoms with Crippen LogP contribution in [-0.4, -0.2) is 20.5 Å². The summed E-state index contributed by atoms with van der Waals surface area (Å²) in [7, 11) is 0. The Bertz CT molecular complexity index is 853.